The summed E-state index contributed by atoms with van der Waals surface area (Å²) in [4.78, 5) is 48.4. The molecule has 188 valence electrons. The van der Waals surface area contributed by atoms with Crippen LogP contribution in [0.4, 0.5) is 0 Å². The Morgan fingerprint density at radius 3 is 2.24 bits per heavy atom. The zero-order valence-corrected chi connectivity index (χ0v) is 20.4. The number of ether oxygens (including phenoxy) is 1. The van der Waals surface area contributed by atoms with Crippen LogP contribution in [0, 0.1) is 28.6 Å². The summed E-state index contributed by atoms with van der Waals surface area (Å²) in [5, 5.41) is 28.3. The summed E-state index contributed by atoms with van der Waals surface area (Å²) >= 11 is 0. The minimum atomic E-state index is -2.65. The minimum Gasteiger partial charge on any atom is -0.481 e. The third kappa shape index (κ3) is 4.51. The van der Waals surface area contributed by atoms with Crippen molar-refractivity contribution in [2.24, 2.45) is 28.6 Å². The predicted octanol–water partition coefficient (Wildman–Crippen LogP) is 4.44. The van der Waals surface area contributed by atoms with Crippen LogP contribution in [0.15, 0.2) is 23.3 Å². The Hall–Kier alpha value is -2.64. The highest BCUT2D eigenvalue weighted by Crippen LogP contribution is 2.62. The summed E-state index contributed by atoms with van der Waals surface area (Å²) in [6.45, 7) is 8.35. The first-order valence-corrected chi connectivity index (χ1v) is 12.1. The molecular weight excluding hydrogens is 440 g/mol. The van der Waals surface area contributed by atoms with E-state index >= 15 is 0 Å². The average molecular weight is 477 g/mol. The lowest BCUT2D eigenvalue weighted by Crippen LogP contribution is -2.56. The van der Waals surface area contributed by atoms with E-state index in [2.05, 4.69) is 32.9 Å². The monoisotopic (exact) mass is 476 g/mol. The van der Waals surface area contributed by atoms with Gasteiger partial charge in [0.1, 0.15) is 0 Å². The Morgan fingerprint density at radius 1 is 1.09 bits per heavy atom. The maximum atomic E-state index is 13.6. The van der Waals surface area contributed by atoms with Gasteiger partial charge in [-0.15, -0.1) is 0 Å². The van der Waals surface area contributed by atoms with Gasteiger partial charge in [0.2, 0.25) is 5.60 Å². The van der Waals surface area contributed by atoms with Crippen molar-refractivity contribution in [2.75, 3.05) is 0 Å². The van der Waals surface area contributed by atoms with Crippen molar-refractivity contribution in [1.82, 2.24) is 0 Å². The van der Waals surface area contributed by atoms with Gasteiger partial charge in [-0.2, -0.15) is 0 Å². The van der Waals surface area contributed by atoms with Gasteiger partial charge in [0.15, 0.2) is 0 Å². The van der Waals surface area contributed by atoms with E-state index in [0.29, 0.717) is 18.8 Å². The molecule has 0 radical (unpaired) electrons. The van der Waals surface area contributed by atoms with E-state index in [0.717, 1.165) is 25.7 Å². The van der Waals surface area contributed by atoms with Gasteiger partial charge in [-0.25, -0.2) is 4.79 Å². The van der Waals surface area contributed by atoms with Crippen molar-refractivity contribution in [3.63, 3.8) is 0 Å². The highest BCUT2D eigenvalue weighted by atomic mass is 16.6. The molecule has 8 nitrogen and oxygen atoms in total. The molecule has 3 aliphatic carbocycles. The van der Waals surface area contributed by atoms with Crippen LogP contribution in [-0.4, -0.2) is 44.8 Å². The Kier molecular flexibility index (Phi) is 7.02. The Labute approximate surface area is 200 Å². The minimum absolute atomic E-state index is 0.120. The first-order valence-electron chi connectivity index (χ1n) is 12.1. The van der Waals surface area contributed by atoms with Crippen LogP contribution >= 0.6 is 0 Å². The molecule has 0 saturated heterocycles. The fourth-order valence-electron chi connectivity index (χ4n) is 6.70. The summed E-state index contributed by atoms with van der Waals surface area (Å²) in [6.07, 6.45) is 7.05. The van der Waals surface area contributed by atoms with Gasteiger partial charge in [0, 0.05) is 0 Å². The topological polar surface area (TPSA) is 138 Å². The molecule has 1 fully saturated rings. The molecule has 34 heavy (non-hydrogen) atoms. The molecule has 4 unspecified atom stereocenters. The second kappa shape index (κ2) is 9.19. The molecule has 0 bridgehead atoms. The highest BCUT2D eigenvalue weighted by molar-refractivity contribution is 5.91. The largest absolute Gasteiger partial charge is 0.481 e. The van der Waals surface area contributed by atoms with E-state index in [1.54, 1.807) is 6.92 Å². The maximum Gasteiger partial charge on any atom is 0.349 e. The number of carbonyl (C=O) groups is 4. The van der Waals surface area contributed by atoms with Crippen LogP contribution in [0.3, 0.4) is 0 Å². The summed E-state index contributed by atoms with van der Waals surface area (Å²) in [5.74, 6) is -5.04. The fourth-order valence-corrected chi connectivity index (χ4v) is 6.70. The third-order valence-corrected chi connectivity index (χ3v) is 8.60. The number of carbonyl (C=O) groups excluding carboxylic acids is 1. The van der Waals surface area contributed by atoms with Crippen molar-refractivity contribution < 1.29 is 39.2 Å². The predicted molar refractivity (Wildman–Crippen MR) is 123 cm³/mol. The SMILES string of the molecule is CC(C)C1=CC2=CCC3C(C)(C(=O)OC(CC(=O)O)(CC(=O)O)C(=O)O)CCCC3(C)C2CC1. The molecule has 0 heterocycles. The van der Waals surface area contributed by atoms with Gasteiger partial charge in [-0.3, -0.25) is 14.4 Å². The fraction of sp³-hybridized carbons (Fsp3) is 0.692. The van der Waals surface area contributed by atoms with Crippen molar-refractivity contribution in [2.45, 2.75) is 84.7 Å². The van der Waals surface area contributed by atoms with Gasteiger partial charge in [0.05, 0.1) is 18.3 Å². The van der Waals surface area contributed by atoms with Gasteiger partial charge in [-0.05, 0) is 67.8 Å². The zero-order valence-electron chi connectivity index (χ0n) is 20.4. The molecule has 1 saturated carbocycles. The van der Waals surface area contributed by atoms with E-state index in [1.165, 1.54) is 11.1 Å². The van der Waals surface area contributed by atoms with E-state index < -0.39 is 47.7 Å². The van der Waals surface area contributed by atoms with Crippen LogP contribution in [0.25, 0.3) is 0 Å². The second-order valence-electron chi connectivity index (χ2n) is 11.1. The lowest BCUT2D eigenvalue weighted by atomic mass is 9.47. The summed E-state index contributed by atoms with van der Waals surface area (Å²) < 4.78 is 5.41. The number of rotatable bonds is 8. The molecular formula is C26H36O8. The summed E-state index contributed by atoms with van der Waals surface area (Å²) in [5.41, 5.74) is -1.16. The molecule has 3 rings (SSSR count). The number of aliphatic carboxylic acids is 3. The number of fused-ring (bicyclic) bond motifs is 3. The van der Waals surface area contributed by atoms with Crippen molar-refractivity contribution >= 4 is 23.9 Å². The third-order valence-electron chi connectivity index (χ3n) is 8.60. The first kappa shape index (κ1) is 26.0. The van der Waals surface area contributed by atoms with Crippen molar-refractivity contribution in [3.8, 4) is 0 Å². The highest BCUT2D eigenvalue weighted by Gasteiger charge is 2.59. The number of hydrogen-bond donors (Lipinski definition) is 3. The number of carboxylic acids is 3. The van der Waals surface area contributed by atoms with Crippen LogP contribution in [0.5, 0.6) is 0 Å². The standard InChI is InChI=1S/C26H36O8/c1-15(2)16-6-8-18-17(12-16)7-9-19-24(18,3)10-5-11-25(19,4)23(33)34-26(22(31)32,13-20(27)28)14-21(29)30/h7,12,15,18-19H,5-6,8-11,13-14H2,1-4H3,(H,27,28)(H,29,30)(H,31,32). The zero-order chi connectivity index (χ0) is 25.5. The maximum absolute atomic E-state index is 13.6. The Balaban J connectivity index is 1.96. The normalized spacial score (nSPS) is 31.0. The number of esters is 1. The molecule has 3 aliphatic rings. The molecule has 4 atom stereocenters. The van der Waals surface area contributed by atoms with Gasteiger partial charge in [0.25, 0.3) is 0 Å². The molecule has 8 heteroatoms. The van der Waals surface area contributed by atoms with Gasteiger partial charge in [-0.1, -0.05) is 44.9 Å². The number of carboxylic acid groups (broad SMARTS) is 3. The van der Waals surface area contributed by atoms with E-state index in [9.17, 15) is 34.5 Å². The smallest absolute Gasteiger partial charge is 0.349 e. The van der Waals surface area contributed by atoms with Crippen LogP contribution in [-0.2, 0) is 23.9 Å². The summed E-state index contributed by atoms with van der Waals surface area (Å²) in [7, 11) is 0. The lowest BCUT2D eigenvalue weighted by Gasteiger charge is -2.57. The average Bonchev–Trinajstić information content (AvgIpc) is 2.72. The van der Waals surface area contributed by atoms with Crippen molar-refractivity contribution in [1.29, 1.82) is 0 Å². The van der Waals surface area contributed by atoms with E-state index in [4.69, 9.17) is 4.74 Å². The number of allylic oxidation sites excluding steroid dienone is 4. The Morgan fingerprint density at radius 2 is 1.71 bits per heavy atom. The number of hydrogen-bond acceptors (Lipinski definition) is 5. The van der Waals surface area contributed by atoms with E-state index in [1.807, 2.05) is 0 Å². The van der Waals surface area contributed by atoms with Crippen LogP contribution in [0.2, 0.25) is 0 Å². The Bertz CT molecular complexity index is 928. The quantitative estimate of drug-likeness (QED) is 0.437. The van der Waals surface area contributed by atoms with Gasteiger partial charge >= 0.3 is 23.9 Å². The molecule has 0 aliphatic heterocycles. The summed E-state index contributed by atoms with van der Waals surface area (Å²) in [6, 6.07) is 0. The molecule has 0 spiro atoms. The van der Waals surface area contributed by atoms with E-state index in [-0.39, 0.29) is 17.3 Å². The van der Waals surface area contributed by atoms with Gasteiger partial charge < -0.3 is 20.1 Å². The molecule has 3 N–H and O–H groups in total. The second-order valence-corrected chi connectivity index (χ2v) is 11.1. The van der Waals surface area contributed by atoms with Crippen molar-refractivity contribution in [3.05, 3.63) is 23.3 Å². The molecule has 0 aromatic heterocycles. The van der Waals surface area contributed by atoms with Crippen LogP contribution < -0.4 is 0 Å². The first-order chi connectivity index (χ1) is 15.7. The molecule has 0 aromatic carbocycles. The lowest BCUT2D eigenvalue weighted by molar-refractivity contribution is -0.199. The molecule has 0 aromatic rings. The molecule has 0 amide bonds. The van der Waals surface area contributed by atoms with Crippen LogP contribution in [0.1, 0.15) is 79.1 Å².